The quantitative estimate of drug-likeness (QED) is 0.104. The number of carbonyl (C=O) groups is 2. The Kier molecular flexibility index (Phi) is 15.5. The highest BCUT2D eigenvalue weighted by Crippen LogP contribution is 2.76. The summed E-state index contributed by atoms with van der Waals surface area (Å²) in [6.07, 6.45) is -19.0. The lowest BCUT2D eigenvalue weighted by Gasteiger charge is -2.72. The molecule has 11 N–H and O–H groups in total. The van der Waals surface area contributed by atoms with Crippen LogP contribution in [0, 0.1) is 50.2 Å². The Morgan fingerprint density at radius 2 is 1.35 bits per heavy atom. The first kappa shape index (κ1) is 57.3. The molecule has 5 aliphatic carbocycles. The van der Waals surface area contributed by atoms with Gasteiger partial charge in [0.25, 0.3) is 0 Å². The smallest absolute Gasteiger partial charge is 0.335 e. The van der Waals surface area contributed by atoms with Crippen LogP contribution < -0.4 is 0 Å². The van der Waals surface area contributed by atoms with Gasteiger partial charge in [0.2, 0.25) is 12.1 Å². The van der Waals surface area contributed by atoms with Crippen LogP contribution in [0.3, 0.4) is 0 Å². The van der Waals surface area contributed by atoms with Crippen LogP contribution in [-0.2, 0) is 47.5 Å². The number of hydrogen-bond donors (Lipinski definition) is 11. The van der Waals surface area contributed by atoms with Gasteiger partial charge in [0.1, 0.15) is 66.8 Å². The Balaban J connectivity index is 0.980. The number of hydrogen-bond acceptors (Lipinski definition) is 20. The zero-order chi connectivity index (χ0) is 54.9. The molecule has 0 radical (unpaired) electrons. The summed E-state index contributed by atoms with van der Waals surface area (Å²) in [5.41, 5.74) is -0.538. The van der Waals surface area contributed by atoms with Gasteiger partial charge in [-0.25, -0.2) is 4.79 Å². The molecule has 75 heavy (non-hydrogen) atoms. The number of rotatable bonds is 11. The summed E-state index contributed by atoms with van der Waals surface area (Å²) in [4.78, 5) is 25.3. The monoisotopic (exact) mass is 1070 g/mol. The molecule has 0 bridgehead atoms. The van der Waals surface area contributed by atoms with Gasteiger partial charge < -0.3 is 94.1 Å². The van der Waals surface area contributed by atoms with E-state index in [0.717, 1.165) is 44.9 Å². The fourth-order valence-corrected chi connectivity index (χ4v) is 16.3. The average Bonchev–Trinajstić information content (AvgIpc) is 3.35. The zero-order valence-electron chi connectivity index (χ0n) is 44.7. The van der Waals surface area contributed by atoms with Gasteiger partial charge in [-0.1, -0.05) is 60.1 Å². The van der Waals surface area contributed by atoms with Crippen molar-refractivity contribution in [3.05, 3.63) is 23.2 Å². The maximum atomic E-state index is 12.7. The summed E-state index contributed by atoms with van der Waals surface area (Å²) in [5.74, 6) is -1.94. The summed E-state index contributed by atoms with van der Waals surface area (Å²) in [7, 11) is 0. The number of allylic oxidation sites excluding steroid dienone is 4. The Morgan fingerprint density at radius 1 is 0.693 bits per heavy atom. The molecule has 0 aromatic carbocycles. The van der Waals surface area contributed by atoms with E-state index in [1.807, 2.05) is 6.92 Å². The molecule has 3 saturated heterocycles. The lowest BCUT2D eigenvalue weighted by atomic mass is 9.33. The third-order valence-electron chi connectivity index (χ3n) is 21.0. The fraction of sp³-hybridized carbons (Fsp3) is 0.889. The summed E-state index contributed by atoms with van der Waals surface area (Å²) in [5, 5.41) is 119. The molecule has 9 rings (SSSR count). The number of aliphatic hydroxyl groups excluding tert-OH is 10. The van der Waals surface area contributed by atoms with Crippen molar-refractivity contribution in [1.29, 1.82) is 0 Å². The summed E-state index contributed by atoms with van der Waals surface area (Å²) in [6, 6.07) is 0. The van der Waals surface area contributed by atoms with Gasteiger partial charge in [-0.15, -0.1) is 0 Å². The molecule has 4 heterocycles. The molecule has 7 fully saturated rings. The molecule has 0 amide bonds. The number of carboxylic acids is 1. The second-order valence-electron chi connectivity index (χ2n) is 25.8. The van der Waals surface area contributed by atoms with E-state index in [2.05, 4.69) is 47.6 Å². The molecule has 426 valence electrons. The van der Waals surface area contributed by atoms with Gasteiger partial charge >= 0.3 is 5.97 Å². The minimum absolute atomic E-state index is 0.0493. The summed E-state index contributed by atoms with van der Waals surface area (Å²) in [6.45, 7) is 17.9. The van der Waals surface area contributed by atoms with Crippen LogP contribution in [0.4, 0.5) is 0 Å². The van der Waals surface area contributed by atoms with Crippen LogP contribution in [0.2, 0.25) is 0 Å². The Labute approximate surface area is 438 Å². The molecule has 9 aliphatic rings. The maximum Gasteiger partial charge on any atom is 0.335 e. The molecular weight excluding hydrogens is 985 g/mol. The first-order valence-corrected chi connectivity index (χ1v) is 27.1. The van der Waals surface area contributed by atoms with Crippen LogP contribution in [-0.4, -0.2) is 192 Å². The lowest BCUT2D eigenvalue weighted by Crippen LogP contribution is -2.68. The molecule has 4 saturated carbocycles. The normalized spacial score (nSPS) is 52.9. The lowest BCUT2D eigenvalue weighted by molar-refractivity contribution is -0.396. The molecule has 21 nitrogen and oxygen atoms in total. The van der Waals surface area contributed by atoms with E-state index in [9.17, 15) is 65.8 Å². The van der Waals surface area contributed by atoms with Crippen LogP contribution in [0.15, 0.2) is 23.2 Å². The first-order valence-electron chi connectivity index (χ1n) is 27.1. The van der Waals surface area contributed by atoms with E-state index in [0.29, 0.717) is 12.8 Å². The van der Waals surface area contributed by atoms with Crippen LogP contribution in [0.25, 0.3) is 0 Å². The predicted molar refractivity (Wildman–Crippen MR) is 259 cm³/mol. The average molecular weight is 1070 g/mol. The topological polar surface area (TPSA) is 331 Å². The van der Waals surface area contributed by atoms with E-state index in [4.69, 9.17) is 37.9 Å². The molecular formula is C54H84O21. The van der Waals surface area contributed by atoms with Crippen molar-refractivity contribution in [2.45, 2.75) is 237 Å². The van der Waals surface area contributed by atoms with E-state index >= 15 is 0 Å². The minimum Gasteiger partial charge on any atom is -0.502 e. The Bertz CT molecular complexity index is 2210. The summed E-state index contributed by atoms with van der Waals surface area (Å²) < 4.78 is 49.1. The summed E-state index contributed by atoms with van der Waals surface area (Å²) >= 11 is 0. The van der Waals surface area contributed by atoms with Crippen LogP contribution >= 0.6 is 0 Å². The van der Waals surface area contributed by atoms with Gasteiger partial charge in [-0.3, -0.25) is 4.79 Å². The third kappa shape index (κ3) is 9.25. The van der Waals surface area contributed by atoms with E-state index in [1.54, 1.807) is 6.92 Å². The number of Topliss-reactive ketones (excluding diaryl/α,β-unsaturated/α-hetero) is 1. The highest BCUT2D eigenvalue weighted by atomic mass is 16.8. The van der Waals surface area contributed by atoms with Crippen molar-refractivity contribution < 1.29 is 104 Å². The number of ketones is 1. The van der Waals surface area contributed by atoms with Gasteiger partial charge in [-0.05, 0) is 111 Å². The number of aliphatic hydroxyl groups is 10. The van der Waals surface area contributed by atoms with Crippen LogP contribution in [0.1, 0.15) is 127 Å². The molecule has 6 unspecified atom stereocenters. The number of fused-ring (bicyclic) bond motifs is 7. The van der Waals surface area contributed by atoms with Crippen molar-refractivity contribution in [3.63, 3.8) is 0 Å². The van der Waals surface area contributed by atoms with Crippen LogP contribution in [0.5, 0.6) is 0 Å². The second kappa shape index (κ2) is 20.3. The number of aliphatic carboxylic acids is 1. The molecule has 26 atom stereocenters. The third-order valence-corrected chi connectivity index (χ3v) is 21.0. The number of carbonyl (C=O) groups excluding carboxylic acids is 1. The minimum atomic E-state index is -2.09. The van der Waals surface area contributed by atoms with Crippen molar-refractivity contribution in [2.75, 3.05) is 13.2 Å². The standard InChI is InChI=1S/C54H84O21/c1-23-34(58)27(57)18-33(68-23)71-32-20-49(3,4)19-26-25-10-11-30-51(6)14-13-31(52(7,22-56)29(51)12-15-54(30,9)53(25,8)17-16-50(26,32)5)72-48-44(40(64)39(63)42(73-48)45(66)67)75-47-43(38(62)36(60)28(21-55)70-47)74-46-41(65)37(61)35(59)24(2)69-46/h10,24,26,28-33,35-44,46-48,55-56,58-65H,11-22H2,1-9H3,(H,66,67)/t24-,26?,28+,29?,30?,31?,32?,33?,35-,36-,37+,38-,39-,40-,41+,42-,43+,44+,46-,47-,48+,50+,51-,52+,53+,54+/m0/s1. The fourth-order valence-electron chi connectivity index (χ4n) is 16.3. The first-order chi connectivity index (χ1) is 35.0. The predicted octanol–water partition coefficient (Wildman–Crippen LogP) is 1.83. The maximum absolute atomic E-state index is 12.7. The van der Waals surface area contributed by atoms with Gasteiger partial charge in [-0.2, -0.15) is 0 Å². The molecule has 0 aromatic rings. The Morgan fingerprint density at radius 3 is 1.99 bits per heavy atom. The van der Waals surface area contributed by atoms with E-state index in [-0.39, 0.29) is 81.3 Å². The molecule has 4 aliphatic heterocycles. The largest absolute Gasteiger partial charge is 0.502 e. The SMILES string of the molecule is CC1=C(O)C(=O)CC(OC2CC(C)(C)CC3C4=CCC5[C@@]6(C)CCC(O[C@@H]7O[C@H](C(=O)O)[C@@H](O)[C@H](O)[C@H]7O[C@@H]7O[C@H](CO)[C@H](O)[C@H](O)[C@H]7O[C@@H]7O[C@@H](C)[C@H](O)[C@@H](O)[C@H]7O)[C@](C)(CO)C6CC[C@@]5(C)[C@]4(C)CC[C@@]23C)O1. The van der Waals surface area contributed by atoms with Gasteiger partial charge in [0.05, 0.1) is 37.9 Å². The van der Waals surface area contributed by atoms with Crippen molar-refractivity contribution >= 4 is 11.8 Å². The highest BCUT2D eigenvalue weighted by molar-refractivity contribution is 5.94. The molecule has 0 spiro atoms. The van der Waals surface area contributed by atoms with Crippen molar-refractivity contribution in [3.8, 4) is 0 Å². The second-order valence-corrected chi connectivity index (χ2v) is 25.8. The zero-order valence-corrected chi connectivity index (χ0v) is 44.7. The highest BCUT2D eigenvalue weighted by Gasteiger charge is 2.70. The number of carboxylic acid groups (broad SMARTS) is 1. The van der Waals surface area contributed by atoms with Crippen molar-refractivity contribution in [1.82, 2.24) is 0 Å². The van der Waals surface area contributed by atoms with E-state index in [1.165, 1.54) is 12.5 Å². The van der Waals surface area contributed by atoms with Gasteiger partial charge in [0, 0.05) is 10.8 Å². The van der Waals surface area contributed by atoms with Gasteiger partial charge in [0.15, 0.2) is 30.7 Å². The molecule has 21 heteroatoms. The number of ether oxygens (including phenoxy) is 8. The van der Waals surface area contributed by atoms with Crippen molar-refractivity contribution in [2.24, 2.45) is 50.2 Å². The molecule has 0 aromatic heterocycles. The van der Waals surface area contributed by atoms with E-state index < -0.39 is 123 Å². The Hall–Kier alpha value is -2.42.